The fourth-order valence-electron chi connectivity index (χ4n) is 5.24. The molecule has 36 heavy (non-hydrogen) atoms. The van der Waals surface area contributed by atoms with E-state index in [1.807, 2.05) is 44.2 Å². The summed E-state index contributed by atoms with van der Waals surface area (Å²) in [6.45, 7) is 11.4. The molecular formula is C29H42N4O3. The van der Waals surface area contributed by atoms with Gasteiger partial charge in [-0.25, -0.2) is 0 Å². The molecule has 1 fully saturated rings. The Labute approximate surface area is 215 Å². The SMILES string of the molecule is CCOc1ccc(CN2C(=O)c3cc(C(C)(C)C)nn3CC2(C)C(=O)NC2CCCCCCC2)cc1. The number of rotatable bonds is 6. The molecule has 1 aromatic carbocycles. The maximum absolute atomic E-state index is 13.9. The fraction of sp³-hybridized carbons (Fsp3) is 0.621. The number of aromatic nitrogens is 2. The predicted molar refractivity (Wildman–Crippen MR) is 141 cm³/mol. The number of hydrogen-bond acceptors (Lipinski definition) is 4. The van der Waals surface area contributed by atoms with Gasteiger partial charge in [0.05, 0.1) is 18.8 Å². The van der Waals surface area contributed by atoms with Crippen LogP contribution in [0.15, 0.2) is 30.3 Å². The summed E-state index contributed by atoms with van der Waals surface area (Å²) in [6.07, 6.45) is 7.98. The molecule has 2 aromatic rings. The lowest BCUT2D eigenvalue weighted by Crippen LogP contribution is -2.64. The van der Waals surface area contributed by atoms with Gasteiger partial charge in [-0.15, -0.1) is 0 Å². The topological polar surface area (TPSA) is 76.5 Å². The van der Waals surface area contributed by atoms with Crippen molar-refractivity contribution in [2.45, 2.75) is 110 Å². The first-order valence-corrected chi connectivity index (χ1v) is 13.5. The number of nitrogens with one attached hydrogen (secondary N) is 1. The van der Waals surface area contributed by atoms with Crippen LogP contribution in [0.4, 0.5) is 0 Å². The zero-order chi connectivity index (χ0) is 25.9. The molecule has 0 spiro atoms. The third-order valence-corrected chi connectivity index (χ3v) is 7.57. The fourth-order valence-corrected chi connectivity index (χ4v) is 5.24. The number of carbonyl (C=O) groups is 2. The lowest BCUT2D eigenvalue weighted by Gasteiger charge is -2.44. The van der Waals surface area contributed by atoms with Crippen molar-refractivity contribution in [3.05, 3.63) is 47.3 Å². The Hall–Kier alpha value is -2.83. The highest BCUT2D eigenvalue weighted by molar-refractivity contribution is 5.99. The smallest absolute Gasteiger partial charge is 0.273 e. The Morgan fingerprint density at radius 1 is 1.11 bits per heavy atom. The molecule has 1 saturated carbocycles. The number of nitrogens with zero attached hydrogens (tertiary/aromatic N) is 3. The third-order valence-electron chi connectivity index (χ3n) is 7.57. The minimum absolute atomic E-state index is 0.0918. The van der Waals surface area contributed by atoms with Crippen LogP contribution in [0, 0.1) is 0 Å². The summed E-state index contributed by atoms with van der Waals surface area (Å²) < 4.78 is 7.32. The largest absolute Gasteiger partial charge is 0.494 e. The average molecular weight is 495 g/mol. The second-order valence-electron chi connectivity index (χ2n) is 11.6. The van der Waals surface area contributed by atoms with E-state index in [1.54, 1.807) is 9.58 Å². The number of hydrogen-bond donors (Lipinski definition) is 1. The second kappa shape index (κ2) is 10.7. The number of fused-ring (bicyclic) bond motifs is 1. The van der Waals surface area contributed by atoms with Gasteiger partial charge >= 0.3 is 0 Å². The van der Waals surface area contributed by atoms with Gasteiger partial charge in [-0.3, -0.25) is 14.3 Å². The molecule has 1 aliphatic carbocycles. The summed E-state index contributed by atoms with van der Waals surface area (Å²) in [6, 6.07) is 9.82. The molecule has 0 bridgehead atoms. The number of amides is 2. The molecule has 196 valence electrons. The van der Waals surface area contributed by atoms with E-state index in [4.69, 9.17) is 9.84 Å². The lowest BCUT2D eigenvalue weighted by atomic mass is 9.91. The van der Waals surface area contributed by atoms with Crippen molar-refractivity contribution < 1.29 is 14.3 Å². The molecule has 7 heteroatoms. The maximum atomic E-state index is 13.9. The molecule has 1 aromatic heterocycles. The van der Waals surface area contributed by atoms with E-state index in [2.05, 4.69) is 26.1 Å². The van der Waals surface area contributed by atoms with Gasteiger partial charge in [-0.1, -0.05) is 65.0 Å². The Balaban J connectivity index is 1.65. The van der Waals surface area contributed by atoms with E-state index in [0.29, 0.717) is 25.4 Å². The van der Waals surface area contributed by atoms with Crippen molar-refractivity contribution in [1.82, 2.24) is 20.0 Å². The van der Waals surface area contributed by atoms with E-state index < -0.39 is 5.54 Å². The molecule has 1 unspecified atom stereocenters. The van der Waals surface area contributed by atoms with Crippen LogP contribution in [0.1, 0.15) is 101 Å². The number of benzene rings is 1. The minimum atomic E-state index is -1.05. The summed E-state index contributed by atoms with van der Waals surface area (Å²) in [7, 11) is 0. The minimum Gasteiger partial charge on any atom is -0.494 e. The van der Waals surface area contributed by atoms with Gasteiger partial charge in [0.25, 0.3) is 5.91 Å². The normalized spacial score (nSPS) is 21.5. The van der Waals surface area contributed by atoms with Crippen LogP contribution in [0.3, 0.4) is 0 Å². The Bertz CT molecular complexity index is 1060. The molecular weight excluding hydrogens is 452 g/mol. The van der Waals surface area contributed by atoms with Crippen molar-refractivity contribution in [2.75, 3.05) is 6.61 Å². The molecule has 0 radical (unpaired) electrons. The summed E-state index contributed by atoms with van der Waals surface area (Å²) in [5, 5.41) is 8.10. The van der Waals surface area contributed by atoms with E-state index in [-0.39, 0.29) is 23.3 Å². The Morgan fingerprint density at radius 3 is 2.36 bits per heavy atom. The monoisotopic (exact) mass is 494 g/mol. The van der Waals surface area contributed by atoms with E-state index in [9.17, 15) is 9.59 Å². The van der Waals surface area contributed by atoms with Crippen LogP contribution in [-0.2, 0) is 23.3 Å². The van der Waals surface area contributed by atoms with Crippen molar-refractivity contribution in [2.24, 2.45) is 0 Å². The van der Waals surface area contributed by atoms with E-state index >= 15 is 0 Å². The highest BCUT2D eigenvalue weighted by atomic mass is 16.5. The maximum Gasteiger partial charge on any atom is 0.273 e. The van der Waals surface area contributed by atoms with Gasteiger partial charge in [-0.05, 0) is 50.5 Å². The average Bonchev–Trinajstić information content (AvgIpc) is 3.24. The van der Waals surface area contributed by atoms with Crippen LogP contribution >= 0.6 is 0 Å². The summed E-state index contributed by atoms with van der Waals surface area (Å²) in [5.74, 6) is 0.545. The zero-order valence-electron chi connectivity index (χ0n) is 22.6. The summed E-state index contributed by atoms with van der Waals surface area (Å²) in [5.41, 5.74) is 1.12. The van der Waals surface area contributed by atoms with Crippen molar-refractivity contribution in [3.8, 4) is 5.75 Å². The predicted octanol–water partition coefficient (Wildman–Crippen LogP) is 5.22. The first-order chi connectivity index (χ1) is 17.1. The van der Waals surface area contributed by atoms with Crippen molar-refractivity contribution >= 4 is 11.8 Å². The summed E-state index contributed by atoms with van der Waals surface area (Å²) in [4.78, 5) is 29.6. The molecule has 2 amide bonds. The van der Waals surface area contributed by atoms with Gasteiger partial charge < -0.3 is 15.0 Å². The van der Waals surface area contributed by atoms with Gasteiger partial charge in [0.15, 0.2) is 0 Å². The second-order valence-corrected chi connectivity index (χ2v) is 11.6. The highest BCUT2D eigenvalue weighted by Gasteiger charge is 2.48. The highest BCUT2D eigenvalue weighted by Crippen LogP contribution is 2.32. The lowest BCUT2D eigenvalue weighted by molar-refractivity contribution is -0.134. The van der Waals surface area contributed by atoms with Crippen LogP contribution in [-0.4, -0.2) is 44.7 Å². The zero-order valence-corrected chi connectivity index (χ0v) is 22.6. The third kappa shape index (κ3) is 5.60. The van der Waals surface area contributed by atoms with Crippen molar-refractivity contribution in [3.63, 3.8) is 0 Å². The Morgan fingerprint density at radius 2 is 1.75 bits per heavy atom. The standard InChI is InChI=1S/C29H42N4O3/c1-6-36-23-16-14-21(15-17-23)19-32-26(34)24-18-25(28(2,3)4)31-33(24)20-29(32,5)27(35)30-22-12-10-8-7-9-11-13-22/h14-18,22H,6-13,19-20H2,1-5H3,(H,30,35). The van der Waals surface area contributed by atoms with Crippen LogP contribution < -0.4 is 10.1 Å². The number of carbonyl (C=O) groups excluding carboxylic acids is 2. The first kappa shape index (κ1) is 26.2. The van der Waals surface area contributed by atoms with Gasteiger partial charge in [0.2, 0.25) is 5.91 Å². The van der Waals surface area contributed by atoms with E-state index in [1.165, 1.54) is 19.3 Å². The molecule has 1 N–H and O–H groups in total. The molecule has 1 atom stereocenters. The number of ether oxygens (including phenoxy) is 1. The molecule has 2 heterocycles. The van der Waals surface area contributed by atoms with Gasteiger partial charge in [0, 0.05) is 18.0 Å². The van der Waals surface area contributed by atoms with Crippen LogP contribution in [0.2, 0.25) is 0 Å². The van der Waals surface area contributed by atoms with E-state index in [0.717, 1.165) is 42.7 Å². The van der Waals surface area contributed by atoms with Gasteiger partial charge in [0.1, 0.15) is 17.0 Å². The molecule has 1 aliphatic heterocycles. The quantitative estimate of drug-likeness (QED) is 0.597. The molecule has 7 nitrogen and oxygen atoms in total. The molecule has 4 rings (SSSR count). The van der Waals surface area contributed by atoms with Crippen LogP contribution in [0.5, 0.6) is 5.75 Å². The van der Waals surface area contributed by atoms with Gasteiger partial charge in [-0.2, -0.15) is 5.10 Å². The van der Waals surface area contributed by atoms with Crippen molar-refractivity contribution in [1.29, 1.82) is 0 Å². The van der Waals surface area contributed by atoms with Crippen LogP contribution in [0.25, 0.3) is 0 Å². The molecule has 2 aliphatic rings. The molecule has 0 saturated heterocycles. The first-order valence-electron chi connectivity index (χ1n) is 13.5. The summed E-state index contributed by atoms with van der Waals surface area (Å²) >= 11 is 0. The Kier molecular flexibility index (Phi) is 7.76.